The first kappa shape index (κ1) is 28.8. The van der Waals surface area contributed by atoms with Gasteiger partial charge in [-0.05, 0) is 12.8 Å². The van der Waals surface area contributed by atoms with Gasteiger partial charge in [0, 0.05) is 13.2 Å². The molecule has 0 aromatic rings. The average molecular weight is 363 g/mol. The topological polar surface area (TPSA) is 9.23 Å². The minimum absolute atomic E-state index is 0. The second-order valence-electron chi connectivity index (χ2n) is 7.98. The molecule has 0 amide bonds. The van der Waals surface area contributed by atoms with E-state index in [0.717, 1.165) is 13.2 Å². The first-order valence-corrected chi connectivity index (χ1v) is 12.0. The Bertz CT molecular complexity index is 204. The standard InChI is InChI=1S/C24H50O.Li.H/c1-3-5-7-9-11-13-15-17-19-21-23-25-24-22-20-18-16-14-12-10-8-6-4-2;;/h3-24H2,1-2H3;;/q;+1;-1. The van der Waals surface area contributed by atoms with Crippen LogP contribution in [-0.2, 0) is 4.74 Å². The minimum Gasteiger partial charge on any atom is -1.00 e. The third-order valence-corrected chi connectivity index (χ3v) is 5.28. The van der Waals surface area contributed by atoms with Gasteiger partial charge in [-0.1, -0.05) is 129 Å². The summed E-state index contributed by atoms with van der Waals surface area (Å²) in [5, 5.41) is 0. The number of hydrogen-bond donors (Lipinski definition) is 0. The van der Waals surface area contributed by atoms with E-state index >= 15 is 0 Å². The molecule has 0 radical (unpaired) electrons. The van der Waals surface area contributed by atoms with Gasteiger partial charge >= 0.3 is 18.9 Å². The summed E-state index contributed by atoms with van der Waals surface area (Å²) in [5.41, 5.74) is 0. The van der Waals surface area contributed by atoms with Gasteiger partial charge in [-0.3, -0.25) is 0 Å². The van der Waals surface area contributed by atoms with E-state index in [4.69, 9.17) is 4.74 Å². The molecule has 2 heteroatoms. The molecule has 0 aromatic carbocycles. The maximum Gasteiger partial charge on any atom is 1.00 e. The van der Waals surface area contributed by atoms with Gasteiger partial charge in [-0.15, -0.1) is 0 Å². The Labute approximate surface area is 180 Å². The summed E-state index contributed by atoms with van der Waals surface area (Å²) in [4.78, 5) is 0. The predicted octanol–water partition coefficient (Wildman–Crippen LogP) is 5.96. The molecule has 0 spiro atoms. The molecule has 0 rings (SSSR count). The molecule has 26 heavy (non-hydrogen) atoms. The van der Waals surface area contributed by atoms with Crippen molar-refractivity contribution < 1.29 is 25.0 Å². The summed E-state index contributed by atoms with van der Waals surface area (Å²) < 4.78 is 5.78. The quantitative estimate of drug-likeness (QED) is 0.170. The number of rotatable bonds is 22. The summed E-state index contributed by atoms with van der Waals surface area (Å²) in [6, 6.07) is 0. The van der Waals surface area contributed by atoms with Crippen LogP contribution < -0.4 is 18.9 Å². The van der Waals surface area contributed by atoms with Crippen LogP contribution >= 0.6 is 0 Å². The Morgan fingerprint density at radius 2 is 0.615 bits per heavy atom. The van der Waals surface area contributed by atoms with E-state index in [1.54, 1.807) is 0 Å². The van der Waals surface area contributed by atoms with E-state index in [-0.39, 0.29) is 20.3 Å². The molecular weight excluding hydrogens is 311 g/mol. The predicted molar refractivity (Wildman–Crippen MR) is 116 cm³/mol. The Morgan fingerprint density at radius 3 is 0.885 bits per heavy atom. The zero-order valence-electron chi connectivity index (χ0n) is 20.0. The average Bonchev–Trinajstić information content (AvgIpc) is 2.63. The van der Waals surface area contributed by atoms with Gasteiger partial charge in [-0.25, -0.2) is 0 Å². The van der Waals surface area contributed by atoms with Gasteiger partial charge in [0.1, 0.15) is 0 Å². The molecule has 0 aliphatic rings. The van der Waals surface area contributed by atoms with E-state index in [0.29, 0.717) is 0 Å². The first-order valence-electron chi connectivity index (χ1n) is 12.0. The fraction of sp³-hybridized carbons (Fsp3) is 1.00. The molecule has 0 fully saturated rings. The monoisotopic (exact) mass is 362 g/mol. The van der Waals surface area contributed by atoms with Crippen molar-refractivity contribution in [3.05, 3.63) is 0 Å². The molecule has 0 N–H and O–H groups in total. The SMILES string of the molecule is CCCCCCCCCCCCOCCCCCCCCCCCC.[H-].[Li+]. The summed E-state index contributed by atoms with van der Waals surface area (Å²) >= 11 is 0. The van der Waals surface area contributed by atoms with Crippen LogP contribution in [0.1, 0.15) is 144 Å². The van der Waals surface area contributed by atoms with Gasteiger partial charge in [0.2, 0.25) is 0 Å². The Hall–Kier alpha value is 0.557. The maximum absolute atomic E-state index is 5.78. The Morgan fingerprint density at radius 1 is 0.385 bits per heavy atom. The van der Waals surface area contributed by atoms with Crippen LogP contribution in [0, 0.1) is 0 Å². The summed E-state index contributed by atoms with van der Waals surface area (Å²) in [7, 11) is 0. The largest absolute Gasteiger partial charge is 1.00 e. The first-order chi connectivity index (χ1) is 12.4. The molecular formula is C24H51LiO. The van der Waals surface area contributed by atoms with Crippen molar-refractivity contribution in [1.29, 1.82) is 0 Å². The van der Waals surface area contributed by atoms with Crippen molar-refractivity contribution >= 4 is 0 Å². The van der Waals surface area contributed by atoms with E-state index < -0.39 is 0 Å². The van der Waals surface area contributed by atoms with E-state index in [1.165, 1.54) is 128 Å². The van der Waals surface area contributed by atoms with Crippen LogP contribution in [0.3, 0.4) is 0 Å². The third kappa shape index (κ3) is 26.8. The van der Waals surface area contributed by atoms with E-state index in [2.05, 4.69) is 13.8 Å². The van der Waals surface area contributed by atoms with Gasteiger partial charge < -0.3 is 6.16 Å². The summed E-state index contributed by atoms with van der Waals surface area (Å²) in [5.74, 6) is 0. The maximum atomic E-state index is 5.78. The molecule has 0 unspecified atom stereocenters. The Kier molecular flexibility index (Phi) is 30.7. The zero-order chi connectivity index (χ0) is 18.3. The van der Waals surface area contributed by atoms with Gasteiger partial charge in [0.25, 0.3) is 0 Å². The molecule has 0 heterocycles. The van der Waals surface area contributed by atoms with Crippen LogP contribution in [0.15, 0.2) is 0 Å². The number of unbranched alkanes of at least 4 members (excludes halogenated alkanes) is 18. The van der Waals surface area contributed by atoms with Crippen LogP contribution in [0.2, 0.25) is 0 Å². The van der Waals surface area contributed by atoms with Crippen molar-refractivity contribution in [2.45, 2.75) is 142 Å². The fourth-order valence-electron chi connectivity index (χ4n) is 3.49. The second kappa shape index (κ2) is 27.8. The van der Waals surface area contributed by atoms with Crippen molar-refractivity contribution in [2.24, 2.45) is 0 Å². The number of ether oxygens (including phenoxy) is 1. The fourth-order valence-corrected chi connectivity index (χ4v) is 3.49. The third-order valence-electron chi connectivity index (χ3n) is 5.28. The van der Waals surface area contributed by atoms with Crippen molar-refractivity contribution in [3.8, 4) is 0 Å². The minimum atomic E-state index is 0. The van der Waals surface area contributed by atoms with Crippen molar-refractivity contribution in [1.82, 2.24) is 0 Å². The van der Waals surface area contributed by atoms with Gasteiger partial charge in [-0.2, -0.15) is 0 Å². The summed E-state index contributed by atoms with van der Waals surface area (Å²) in [6.45, 7) is 6.57. The normalized spacial score (nSPS) is 10.8. The van der Waals surface area contributed by atoms with E-state index in [1.807, 2.05) is 0 Å². The molecule has 1 nitrogen and oxygen atoms in total. The summed E-state index contributed by atoms with van der Waals surface area (Å²) in [6.07, 6.45) is 28.2. The molecule has 0 saturated heterocycles. The Balaban J connectivity index is -0.00000288. The van der Waals surface area contributed by atoms with Crippen LogP contribution in [0.25, 0.3) is 0 Å². The molecule has 0 aromatic heterocycles. The van der Waals surface area contributed by atoms with Crippen molar-refractivity contribution in [2.75, 3.05) is 13.2 Å². The molecule has 0 bridgehead atoms. The van der Waals surface area contributed by atoms with Crippen LogP contribution in [-0.4, -0.2) is 13.2 Å². The molecule has 154 valence electrons. The van der Waals surface area contributed by atoms with Crippen molar-refractivity contribution in [3.63, 3.8) is 0 Å². The zero-order valence-corrected chi connectivity index (χ0v) is 19.0. The molecule has 0 aliphatic heterocycles. The van der Waals surface area contributed by atoms with Crippen LogP contribution in [0.5, 0.6) is 0 Å². The van der Waals surface area contributed by atoms with Crippen LogP contribution in [0.4, 0.5) is 0 Å². The molecule has 0 saturated carbocycles. The number of hydrogen-bond acceptors (Lipinski definition) is 1. The van der Waals surface area contributed by atoms with E-state index in [9.17, 15) is 0 Å². The van der Waals surface area contributed by atoms with Gasteiger partial charge in [0.05, 0.1) is 0 Å². The second-order valence-corrected chi connectivity index (χ2v) is 7.98. The van der Waals surface area contributed by atoms with Gasteiger partial charge in [0.15, 0.2) is 0 Å². The molecule has 0 atom stereocenters. The smallest absolute Gasteiger partial charge is 1.00 e. The molecule has 0 aliphatic carbocycles.